The molecule has 0 amide bonds. The molecule has 1 aliphatic rings. The second-order valence-corrected chi connectivity index (χ2v) is 5.78. The summed E-state index contributed by atoms with van der Waals surface area (Å²) < 4.78 is 5.31. The van der Waals surface area contributed by atoms with Gasteiger partial charge in [0.05, 0.1) is 5.92 Å². The minimum absolute atomic E-state index is 0.404. The molecule has 1 fully saturated rings. The van der Waals surface area contributed by atoms with Crippen molar-refractivity contribution in [3.63, 3.8) is 0 Å². The smallest absolute Gasteiger partial charge is 0.311 e. The minimum Gasteiger partial charge on any atom is -0.481 e. The molecule has 98 valence electrons. The average molecular weight is 266 g/mol. The van der Waals surface area contributed by atoms with Gasteiger partial charge in [0.1, 0.15) is 0 Å². The van der Waals surface area contributed by atoms with Gasteiger partial charge in [0.2, 0.25) is 0 Å². The van der Waals surface area contributed by atoms with Gasteiger partial charge in [-0.2, -0.15) is 11.8 Å². The summed E-state index contributed by atoms with van der Waals surface area (Å²) in [5.41, 5.74) is 0.893. The van der Waals surface area contributed by atoms with Crippen LogP contribution in [0.3, 0.4) is 0 Å². The predicted octanol–water partition coefficient (Wildman–Crippen LogP) is 2.77. The van der Waals surface area contributed by atoms with Crippen LogP contribution in [0.2, 0.25) is 0 Å². The standard InChI is InChI=1S/C14H18O3S/c15-14(16)13(11-4-2-1-3-5-11)10-18-12-6-8-17-9-7-12/h1-5,12-13H,6-10H2,(H,15,16). The van der Waals surface area contributed by atoms with Crippen LogP contribution in [-0.4, -0.2) is 35.3 Å². The van der Waals surface area contributed by atoms with E-state index in [1.165, 1.54) is 0 Å². The zero-order valence-electron chi connectivity index (χ0n) is 10.2. The normalized spacial score (nSPS) is 18.4. The van der Waals surface area contributed by atoms with E-state index in [1.807, 2.05) is 30.3 Å². The number of aliphatic carboxylic acids is 1. The predicted molar refractivity (Wildman–Crippen MR) is 73.1 cm³/mol. The van der Waals surface area contributed by atoms with Crippen LogP contribution in [0.15, 0.2) is 30.3 Å². The molecule has 0 radical (unpaired) electrons. The summed E-state index contributed by atoms with van der Waals surface area (Å²) in [5, 5.41) is 9.86. The Labute approximate surface area is 112 Å². The number of rotatable bonds is 5. The maximum atomic E-state index is 11.3. The van der Waals surface area contributed by atoms with E-state index >= 15 is 0 Å². The Hall–Kier alpha value is -1.00. The molecule has 1 heterocycles. The summed E-state index contributed by atoms with van der Waals surface area (Å²) in [6.45, 7) is 1.61. The van der Waals surface area contributed by atoms with E-state index in [0.29, 0.717) is 11.0 Å². The van der Waals surface area contributed by atoms with Gasteiger partial charge in [-0.25, -0.2) is 0 Å². The maximum Gasteiger partial charge on any atom is 0.311 e. The van der Waals surface area contributed by atoms with Crippen LogP contribution in [0, 0.1) is 0 Å². The summed E-state index contributed by atoms with van der Waals surface area (Å²) in [6, 6.07) is 9.48. The van der Waals surface area contributed by atoms with Gasteiger partial charge in [-0.1, -0.05) is 30.3 Å². The molecule has 2 rings (SSSR count). The monoisotopic (exact) mass is 266 g/mol. The molecular formula is C14H18O3S. The van der Waals surface area contributed by atoms with Crippen molar-refractivity contribution < 1.29 is 14.6 Å². The Kier molecular flexibility index (Phi) is 5.08. The molecule has 0 aromatic heterocycles. The van der Waals surface area contributed by atoms with Gasteiger partial charge in [-0.05, 0) is 18.4 Å². The molecule has 3 nitrogen and oxygen atoms in total. The summed E-state index contributed by atoms with van der Waals surface area (Å²) in [6.07, 6.45) is 2.07. The Bertz CT molecular complexity index is 374. The molecule has 1 aromatic rings. The van der Waals surface area contributed by atoms with E-state index < -0.39 is 11.9 Å². The van der Waals surface area contributed by atoms with Crippen LogP contribution in [0.1, 0.15) is 24.3 Å². The molecule has 1 N–H and O–H groups in total. The SMILES string of the molecule is O=C(O)C(CSC1CCOCC1)c1ccccc1. The van der Waals surface area contributed by atoms with Gasteiger partial charge >= 0.3 is 5.97 Å². The van der Waals surface area contributed by atoms with E-state index in [9.17, 15) is 9.90 Å². The molecule has 0 saturated carbocycles. The third kappa shape index (κ3) is 3.75. The van der Waals surface area contributed by atoms with E-state index in [1.54, 1.807) is 11.8 Å². The highest BCUT2D eigenvalue weighted by Crippen LogP contribution is 2.28. The van der Waals surface area contributed by atoms with Gasteiger partial charge in [0.15, 0.2) is 0 Å². The summed E-state index contributed by atoms with van der Waals surface area (Å²) in [4.78, 5) is 11.3. The lowest BCUT2D eigenvalue weighted by atomic mass is 10.0. The molecule has 0 bridgehead atoms. The van der Waals surface area contributed by atoms with Crippen molar-refractivity contribution in [2.24, 2.45) is 0 Å². The zero-order valence-corrected chi connectivity index (χ0v) is 11.1. The highest BCUT2D eigenvalue weighted by Gasteiger charge is 2.22. The minimum atomic E-state index is -0.735. The summed E-state index contributed by atoms with van der Waals surface area (Å²) >= 11 is 1.77. The van der Waals surface area contributed by atoms with Crippen LogP contribution in [0.5, 0.6) is 0 Å². The van der Waals surface area contributed by atoms with E-state index in [2.05, 4.69) is 0 Å². The van der Waals surface area contributed by atoms with Crippen LogP contribution in [-0.2, 0) is 9.53 Å². The molecule has 1 aliphatic heterocycles. The highest BCUT2D eigenvalue weighted by atomic mass is 32.2. The lowest BCUT2D eigenvalue weighted by molar-refractivity contribution is -0.138. The molecule has 0 aliphatic carbocycles. The fourth-order valence-electron chi connectivity index (χ4n) is 2.07. The van der Waals surface area contributed by atoms with E-state index in [0.717, 1.165) is 31.6 Å². The number of ether oxygens (including phenoxy) is 1. The zero-order chi connectivity index (χ0) is 12.8. The number of thioether (sulfide) groups is 1. The highest BCUT2D eigenvalue weighted by molar-refractivity contribution is 7.99. The second kappa shape index (κ2) is 6.81. The Morgan fingerprint density at radius 1 is 1.33 bits per heavy atom. The third-order valence-corrected chi connectivity index (χ3v) is 4.64. The van der Waals surface area contributed by atoms with Crippen LogP contribution in [0.25, 0.3) is 0 Å². The number of carboxylic acid groups (broad SMARTS) is 1. The molecule has 1 atom stereocenters. The van der Waals surface area contributed by atoms with Crippen molar-refractivity contribution in [3.05, 3.63) is 35.9 Å². The van der Waals surface area contributed by atoms with Gasteiger partial charge < -0.3 is 9.84 Å². The van der Waals surface area contributed by atoms with Crippen LogP contribution in [0.4, 0.5) is 0 Å². The van der Waals surface area contributed by atoms with Crippen molar-refractivity contribution in [2.75, 3.05) is 19.0 Å². The van der Waals surface area contributed by atoms with Gasteiger partial charge in [0, 0.05) is 24.2 Å². The first kappa shape index (κ1) is 13.4. The molecular weight excluding hydrogens is 248 g/mol. The van der Waals surface area contributed by atoms with Crippen molar-refractivity contribution in [1.29, 1.82) is 0 Å². The number of carboxylic acids is 1. The molecule has 1 aromatic carbocycles. The quantitative estimate of drug-likeness (QED) is 0.890. The maximum absolute atomic E-state index is 11.3. The van der Waals surface area contributed by atoms with Crippen LogP contribution < -0.4 is 0 Å². The Morgan fingerprint density at radius 2 is 2.00 bits per heavy atom. The fraction of sp³-hybridized carbons (Fsp3) is 0.500. The van der Waals surface area contributed by atoms with Crippen molar-refractivity contribution in [3.8, 4) is 0 Å². The largest absolute Gasteiger partial charge is 0.481 e. The molecule has 1 saturated heterocycles. The summed E-state index contributed by atoms with van der Waals surface area (Å²) in [7, 11) is 0. The third-order valence-electron chi connectivity index (χ3n) is 3.17. The van der Waals surface area contributed by atoms with Crippen LogP contribution >= 0.6 is 11.8 Å². The molecule has 4 heteroatoms. The second-order valence-electron chi connectivity index (χ2n) is 4.45. The number of hydrogen-bond acceptors (Lipinski definition) is 3. The molecule has 18 heavy (non-hydrogen) atoms. The molecule has 0 spiro atoms. The first-order valence-electron chi connectivity index (χ1n) is 6.24. The number of carbonyl (C=O) groups is 1. The van der Waals surface area contributed by atoms with E-state index in [4.69, 9.17) is 4.74 Å². The van der Waals surface area contributed by atoms with Crippen molar-refractivity contribution >= 4 is 17.7 Å². The molecule has 1 unspecified atom stereocenters. The Balaban J connectivity index is 1.92. The van der Waals surface area contributed by atoms with Gasteiger partial charge in [-0.15, -0.1) is 0 Å². The van der Waals surface area contributed by atoms with Crippen molar-refractivity contribution in [2.45, 2.75) is 24.0 Å². The number of hydrogen-bond donors (Lipinski definition) is 1. The lowest BCUT2D eigenvalue weighted by Crippen LogP contribution is -2.21. The average Bonchev–Trinajstić information content (AvgIpc) is 2.41. The topological polar surface area (TPSA) is 46.5 Å². The Morgan fingerprint density at radius 3 is 2.61 bits per heavy atom. The van der Waals surface area contributed by atoms with Gasteiger partial charge in [0.25, 0.3) is 0 Å². The van der Waals surface area contributed by atoms with Crippen molar-refractivity contribution in [1.82, 2.24) is 0 Å². The summed E-state index contributed by atoms with van der Waals surface area (Å²) in [5.74, 6) is -0.496. The number of benzene rings is 1. The first-order valence-corrected chi connectivity index (χ1v) is 7.29. The first-order chi connectivity index (χ1) is 8.77. The van der Waals surface area contributed by atoms with E-state index in [-0.39, 0.29) is 0 Å². The lowest BCUT2D eigenvalue weighted by Gasteiger charge is -2.23. The fourth-order valence-corrected chi connectivity index (χ4v) is 3.40. The van der Waals surface area contributed by atoms with Gasteiger partial charge in [-0.3, -0.25) is 4.79 Å².